The Kier molecular flexibility index (Phi) is 5.33. The van der Waals surface area contributed by atoms with Crippen molar-refractivity contribution in [2.24, 2.45) is 7.05 Å². The van der Waals surface area contributed by atoms with Gasteiger partial charge in [0.05, 0.1) is 11.2 Å². The summed E-state index contributed by atoms with van der Waals surface area (Å²) in [6.07, 6.45) is 0.984. The number of thioether (sulfide) groups is 1. The summed E-state index contributed by atoms with van der Waals surface area (Å²) in [7, 11) is 2.03. The highest BCUT2D eigenvalue weighted by Crippen LogP contribution is 2.25. The smallest absolute Gasteiger partial charge is 0.0719 e. The summed E-state index contributed by atoms with van der Waals surface area (Å²) in [5, 5.41) is 9.61. The van der Waals surface area contributed by atoms with Gasteiger partial charge in [-0.25, -0.2) is 0 Å². The van der Waals surface area contributed by atoms with Crippen molar-refractivity contribution in [1.29, 1.82) is 0 Å². The molecule has 21 heavy (non-hydrogen) atoms. The molecule has 1 heterocycles. The number of fused-ring (bicyclic) bond motifs is 1. The van der Waals surface area contributed by atoms with Crippen LogP contribution in [-0.2, 0) is 13.5 Å². The summed E-state index contributed by atoms with van der Waals surface area (Å²) in [5.74, 6) is 1.11. The average molecular weight is 305 g/mol. The largest absolute Gasteiger partial charge is 0.313 e. The van der Waals surface area contributed by atoms with E-state index in [1.165, 1.54) is 16.6 Å². The van der Waals surface area contributed by atoms with E-state index in [4.69, 9.17) is 5.10 Å². The lowest BCUT2D eigenvalue weighted by molar-refractivity contribution is 0.561. The first-order chi connectivity index (χ1) is 9.90. The third-order valence-corrected chi connectivity index (χ3v) is 4.92. The molecule has 0 aliphatic rings. The first-order valence-corrected chi connectivity index (χ1v) is 8.67. The lowest BCUT2D eigenvalue weighted by Crippen LogP contribution is -2.34. The molecule has 1 aromatic carbocycles. The molecule has 2 rings (SSSR count). The number of nitrogens with zero attached hydrogens (tertiary/aromatic N) is 2. The molecule has 0 amide bonds. The number of para-hydroxylation sites is 1. The van der Waals surface area contributed by atoms with Crippen molar-refractivity contribution in [3.63, 3.8) is 0 Å². The van der Waals surface area contributed by atoms with Gasteiger partial charge in [-0.05, 0) is 12.6 Å². The van der Waals surface area contributed by atoms with Crippen LogP contribution >= 0.6 is 11.8 Å². The number of likely N-dealkylation sites (N-methyl/N-ethyl adjacent to an activating group) is 1. The molecule has 3 nitrogen and oxygen atoms in total. The Morgan fingerprint density at radius 1 is 1.29 bits per heavy atom. The highest BCUT2D eigenvalue weighted by Gasteiger charge is 2.18. The van der Waals surface area contributed by atoms with Gasteiger partial charge in [-0.1, -0.05) is 45.9 Å². The fraction of sp³-hybridized carbons (Fsp3) is 0.588. The van der Waals surface area contributed by atoms with Crippen molar-refractivity contribution in [2.75, 3.05) is 12.3 Å². The van der Waals surface area contributed by atoms with Crippen LogP contribution in [0.2, 0.25) is 0 Å². The van der Waals surface area contributed by atoms with Crippen molar-refractivity contribution in [1.82, 2.24) is 15.1 Å². The van der Waals surface area contributed by atoms with Crippen molar-refractivity contribution in [3.05, 3.63) is 30.0 Å². The second kappa shape index (κ2) is 6.84. The molecule has 2 aromatic rings. The van der Waals surface area contributed by atoms with Gasteiger partial charge in [0, 0.05) is 35.4 Å². The lowest BCUT2D eigenvalue weighted by Gasteiger charge is -2.23. The Morgan fingerprint density at radius 3 is 2.67 bits per heavy atom. The standard InChI is InChI=1S/C17H27N3S/c1-6-18-13(12-21-17(2,3)4)11-15-14-9-7-8-10-16(14)20(5)19-15/h7-10,13,18H,6,11-12H2,1-5H3. The van der Waals surface area contributed by atoms with E-state index in [1.807, 2.05) is 23.5 Å². The normalized spacial score (nSPS) is 13.8. The molecule has 0 fully saturated rings. The van der Waals surface area contributed by atoms with Crippen LogP contribution in [0.1, 0.15) is 33.4 Å². The summed E-state index contributed by atoms with van der Waals surface area (Å²) in [5.41, 5.74) is 2.42. The summed E-state index contributed by atoms with van der Waals surface area (Å²) < 4.78 is 2.30. The Bertz CT molecular complexity index is 583. The molecule has 1 N–H and O–H groups in total. The molecule has 0 saturated heterocycles. The Labute approximate surface area is 132 Å². The zero-order chi connectivity index (χ0) is 15.5. The number of hydrogen-bond donors (Lipinski definition) is 1. The van der Waals surface area contributed by atoms with E-state index in [0.29, 0.717) is 10.8 Å². The predicted molar refractivity (Wildman–Crippen MR) is 94.1 cm³/mol. The maximum absolute atomic E-state index is 4.72. The van der Waals surface area contributed by atoms with Gasteiger partial charge in [-0.2, -0.15) is 16.9 Å². The van der Waals surface area contributed by atoms with Gasteiger partial charge in [-0.15, -0.1) is 0 Å². The summed E-state index contributed by atoms with van der Waals surface area (Å²) in [4.78, 5) is 0. The van der Waals surface area contributed by atoms with E-state index in [2.05, 4.69) is 57.3 Å². The molecule has 1 aromatic heterocycles. The molecule has 0 spiro atoms. The van der Waals surface area contributed by atoms with E-state index in [-0.39, 0.29) is 0 Å². The Balaban J connectivity index is 2.15. The number of hydrogen-bond acceptors (Lipinski definition) is 3. The average Bonchev–Trinajstić information content (AvgIpc) is 2.73. The van der Waals surface area contributed by atoms with E-state index >= 15 is 0 Å². The Morgan fingerprint density at radius 2 is 2.00 bits per heavy atom. The molecule has 1 atom stereocenters. The van der Waals surface area contributed by atoms with Crippen LogP contribution in [0.25, 0.3) is 10.9 Å². The fourth-order valence-electron chi connectivity index (χ4n) is 2.50. The maximum atomic E-state index is 4.72. The highest BCUT2D eigenvalue weighted by atomic mass is 32.2. The van der Waals surface area contributed by atoms with Gasteiger partial charge in [0.25, 0.3) is 0 Å². The zero-order valence-corrected chi connectivity index (χ0v) is 14.6. The SMILES string of the molecule is CCNC(CSC(C)(C)C)Cc1nn(C)c2ccccc12. The van der Waals surface area contributed by atoms with Crippen LogP contribution in [0, 0.1) is 0 Å². The minimum absolute atomic E-state index is 0.305. The summed E-state index contributed by atoms with van der Waals surface area (Å²) >= 11 is 2.02. The van der Waals surface area contributed by atoms with Gasteiger partial charge in [0.1, 0.15) is 0 Å². The molecule has 1 unspecified atom stereocenters. The second-order valence-electron chi connectivity index (χ2n) is 6.47. The number of aromatic nitrogens is 2. The van der Waals surface area contributed by atoms with E-state index in [1.54, 1.807) is 0 Å². The fourth-order valence-corrected chi connectivity index (χ4v) is 3.44. The molecular formula is C17H27N3S. The second-order valence-corrected chi connectivity index (χ2v) is 8.32. The predicted octanol–water partition coefficient (Wildman–Crippen LogP) is 3.63. The zero-order valence-electron chi connectivity index (χ0n) is 13.8. The van der Waals surface area contributed by atoms with Crippen LogP contribution < -0.4 is 5.32 Å². The number of nitrogens with one attached hydrogen (secondary N) is 1. The molecule has 0 radical (unpaired) electrons. The van der Waals surface area contributed by atoms with Crippen LogP contribution in [0.4, 0.5) is 0 Å². The van der Waals surface area contributed by atoms with Crippen molar-refractivity contribution in [2.45, 2.75) is 44.9 Å². The van der Waals surface area contributed by atoms with E-state index < -0.39 is 0 Å². The lowest BCUT2D eigenvalue weighted by atomic mass is 10.1. The van der Waals surface area contributed by atoms with Crippen molar-refractivity contribution in [3.8, 4) is 0 Å². The third kappa shape index (κ3) is 4.48. The maximum Gasteiger partial charge on any atom is 0.0719 e. The molecule has 0 saturated carbocycles. The summed E-state index contributed by atoms with van der Waals surface area (Å²) in [6, 6.07) is 8.96. The highest BCUT2D eigenvalue weighted by molar-refractivity contribution is 8.00. The van der Waals surface area contributed by atoms with E-state index in [9.17, 15) is 0 Å². The van der Waals surface area contributed by atoms with Gasteiger partial charge in [0.15, 0.2) is 0 Å². The van der Waals surface area contributed by atoms with Crippen LogP contribution in [0.3, 0.4) is 0 Å². The molecule has 0 bridgehead atoms. The van der Waals surface area contributed by atoms with Gasteiger partial charge < -0.3 is 5.32 Å². The number of aryl methyl sites for hydroxylation is 1. The van der Waals surface area contributed by atoms with E-state index in [0.717, 1.165) is 18.7 Å². The quantitative estimate of drug-likeness (QED) is 0.884. The molecule has 116 valence electrons. The Hall–Kier alpha value is -1.00. The van der Waals surface area contributed by atoms with Gasteiger partial charge in [-0.3, -0.25) is 4.68 Å². The summed E-state index contributed by atoms with van der Waals surface area (Å²) in [6.45, 7) is 10.00. The third-order valence-electron chi connectivity index (χ3n) is 3.48. The van der Waals surface area contributed by atoms with Crippen LogP contribution in [0.5, 0.6) is 0 Å². The van der Waals surface area contributed by atoms with Gasteiger partial charge in [0.2, 0.25) is 0 Å². The first-order valence-electron chi connectivity index (χ1n) is 7.68. The molecule has 4 heteroatoms. The monoisotopic (exact) mass is 305 g/mol. The van der Waals surface area contributed by atoms with Crippen molar-refractivity contribution < 1.29 is 0 Å². The first kappa shape index (κ1) is 16.4. The molecule has 0 aliphatic heterocycles. The van der Waals surface area contributed by atoms with Crippen molar-refractivity contribution >= 4 is 22.7 Å². The number of benzene rings is 1. The molecule has 0 aliphatic carbocycles. The van der Waals surface area contributed by atoms with Crippen LogP contribution in [0.15, 0.2) is 24.3 Å². The topological polar surface area (TPSA) is 29.9 Å². The minimum atomic E-state index is 0.305. The van der Waals surface area contributed by atoms with Gasteiger partial charge >= 0.3 is 0 Å². The number of rotatable bonds is 6. The minimum Gasteiger partial charge on any atom is -0.313 e. The van der Waals surface area contributed by atoms with Crippen LogP contribution in [-0.4, -0.2) is 32.9 Å². The molecular weight excluding hydrogens is 278 g/mol.